The lowest BCUT2D eigenvalue weighted by Gasteiger charge is -2.29. The number of ether oxygens (including phenoxy) is 2. The van der Waals surface area contributed by atoms with E-state index in [0.29, 0.717) is 17.2 Å². The van der Waals surface area contributed by atoms with Gasteiger partial charge in [-0.1, -0.05) is 30.3 Å². The maximum absolute atomic E-state index is 13.6. The molecule has 2 aliphatic rings. The highest BCUT2D eigenvalue weighted by molar-refractivity contribution is 6.23. The first kappa shape index (κ1) is 20.1. The van der Waals surface area contributed by atoms with Gasteiger partial charge in [0.2, 0.25) is 5.91 Å². The summed E-state index contributed by atoms with van der Waals surface area (Å²) in [5, 5.41) is 1.67. The fourth-order valence-corrected chi connectivity index (χ4v) is 4.36. The number of benzene rings is 3. The van der Waals surface area contributed by atoms with Crippen molar-refractivity contribution in [3.8, 4) is 11.5 Å². The number of rotatable bonds is 5. The van der Waals surface area contributed by atoms with Crippen molar-refractivity contribution < 1.29 is 23.9 Å². The normalized spacial score (nSPS) is 22.2. The van der Waals surface area contributed by atoms with E-state index in [-0.39, 0.29) is 11.8 Å². The van der Waals surface area contributed by atoms with Crippen LogP contribution in [0.5, 0.6) is 11.5 Å². The van der Waals surface area contributed by atoms with E-state index in [2.05, 4.69) is 0 Å². The zero-order valence-corrected chi connectivity index (χ0v) is 17.7. The molecule has 5 rings (SSSR count). The van der Waals surface area contributed by atoms with Crippen molar-refractivity contribution in [2.75, 3.05) is 24.2 Å². The van der Waals surface area contributed by atoms with Gasteiger partial charge < -0.3 is 9.47 Å². The third-order valence-corrected chi connectivity index (χ3v) is 5.89. The lowest BCUT2D eigenvalue weighted by atomic mass is 9.90. The Balaban J connectivity index is 1.57. The molecule has 0 bridgehead atoms. The van der Waals surface area contributed by atoms with Gasteiger partial charge in [-0.05, 0) is 54.1 Å². The molecule has 32 heavy (non-hydrogen) atoms. The summed E-state index contributed by atoms with van der Waals surface area (Å²) in [6, 6.07) is 23.3. The molecule has 162 valence electrons. The van der Waals surface area contributed by atoms with Gasteiger partial charge in [-0.25, -0.2) is 9.96 Å². The average molecular weight is 430 g/mol. The van der Waals surface area contributed by atoms with Crippen LogP contribution in [0, 0.1) is 5.92 Å². The van der Waals surface area contributed by atoms with Gasteiger partial charge in [0.1, 0.15) is 17.4 Å². The van der Waals surface area contributed by atoms with Gasteiger partial charge in [0.05, 0.1) is 31.6 Å². The second kappa shape index (κ2) is 8.01. The number of carbonyl (C=O) groups excluding carboxylic acids is 2. The Kier molecular flexibility index (Phi) is 5.03. The first-order valence-electron chi connectivity index (χ1n) is 10.3. The lowest BCUT2D eigenvalue weighted by Crippen LogP contribution is -2.37. The van der Waals surface area contributed by atoms with Crippen LogP contribution in [0.4, 0.5) is 11.4 Å². The van der Waals surface area contributed by atoms with E-state index in [1.807, 2.05) is 54.6 Å². The molecule has 0 aliphatic carbocycles. The van der Waals surface area contributed by atoms with Gasteiger partial charge in [-0.15, -0.1) is 0 Å². The molecule has 0 saturated carbocycles. The smallest absolute Gasteiger partial charge is 0.266 e. The predicted octanol–water partition coefficient (Wildman–Crippen LogP) is 3.75. The van der Waals surface area contributed by atoms with Gasteiger partial charge >= 0.3 is 0 Å². The Hall–Kier alpha value is -3.84. The number of carbonyl (C=O) groups is 2. The van der Waals surface area contributed by atoms with Crippen molar-refractivity contribution >= 4 is 23.2 Å². The summed E-state index contributed by atoms with van der Waals surface area (Å²) in [5.41, 5.74) is 2.10. The molecule has 2 heterocycles. The van der Waals surface area contributed by atoms with Crippen LogP contribution in [0.2, 0.25) is 0 Å². The van der Waals surface area contributed by atoms with Crippen LogP contribution in [0.25, 0.3) is 0 Å². The maximum atomic E-state index is 13.6. The van der Waals surface area contributed by atoms with Crippen LogP contribution in [0.15, 0.2) is 78.9 Å². The summed E-state index contributed by atoms with van der Waals surface area (Å²) in [4.78, 5) is 34.3. The van der Waals surface area contributed by atoms with Gasteiger partial charge in [0, 0.05) is 0 Å². The number of imide groups is 1. The van der Waals surface area contributed by atoms with Gasteiger partial charge in [-0.3, -0.25) is 14.4 Å². The first-order valence-corrected chi connectivity index (χ1v) is 10.3. The minimum absolute atomic E-state index is 0.295. The molecular weight excluding hydrogens is 408 g/mol. The minimum atomic E-state index is -0.916. The molecule has 3 atom stereocenters. The molecule has 2 fully saturated rings. The van der Waals surface area contributed by atoms with E-state index >= 15 is 0 Å². The number of anilines is 2. The number of para-hydroxylation sites is 1. The van der Waals surface area contributed by atoms with Crippen molar-refractivity contribution in [2.24, 2.45) is 5.92 Å². The second-order valence-corrected chi connectivity index (χ2v) is 7.64. The van der Waals surface area contributed by atoms with E-state index in [1.54, 1.807) is 43.5 Å². The fraction of sp³-hybridized carbons (Fsp3) is 0.200. The Bertz CT molecular complexity index is 1150. The standard InChI is InChI=1S/C25H22N2O5/c1-30-19-13-11-17(12-14-19)26-24(28)21-22(16-7-6-10-20(15-16)31-2)27(32-23(21)25(26)29)18-8-4-3-5-9-18/h3-15,21-23H,1-2H3/t21-,22+,23+/m0/s1. The fourth-order valence-electron chi connectivity index (χ4n) is 4.36. The third kappa shape index (κ3) is 3.18. The summed E-state index contributed by atoms with van der Waals surface area (Å²) in [5.74, 6) is -0.0543. The molecule has 3 aromatic rings. The van der Waals surface area contributed by atoms with Crippen molar-refractivity contribution in [1.29, 1.82) is 0 Å². The van der Waals surface area contributed by atoms with Gasteiger partial charge in [-0.2, -0.15) is 0 Å². The molecule has 7 nitrogen and oxygen atoms in total. The highest BCUT2D eigenvalue weighted by atomic mass is 16.7. The maximum Gasteiger partial charge on any atom is 0.266 e. The molecule has 0 unspecified atom stereocenters. The molecule has 0 aromatic heterocycles. The average Bonchev–Trinajstić information content (AvgIpc) is 3.36. The lowest BCUT2D eigenvalue weighted by molar-refractivity contribution is -0.126. The van der Waals surface area contributed by atoms with Crippen molar-refractivity contribution in [2.45, 2.75) is 12.1 Å². The second-order valence-electron chi connectivity index (χ2n) is 7.64. The van der Waals surface area contributed by atoms with Crippen LogP contribution in [0.1, 0.15) is 11.6 Å². The summed E-state index contributed by atoms with van der Waals surface area (Å²) >= 11 is 0. The SMILES string of the molecule is COc1ccc(N2C(=O)[C@H]3[C@@H](c4cccc(OC)c4)N(c4ccccc4)O[C@H]3C2=O)cc1. The molecule has 2 saturated heterocycles. The quantitative estimate of drug-likeness (QED) is 0.575. The zero-order chi connectivity index (χ0) is 22.2. The van der Waals surface area contributed by atoms with Crippen LogP contribution in [0.3, 0.4) is 0 Å². The van der Waals surface area contributed by atoms with Gasteiger partial charge in [0.15, 0.2) is 6.10 Å². The Morgan fingerprint density at radius 1 is 0.750 bits per heavy atom. The van der Waals surface area contributed by atoms with Gasteiger partial charge in [0.25, 0.3) is 5.91 Å². The molecule has 0 spiro atoms. The van der Waals surface area contributed by atoms with Crippen molar-refractivity contribution in [1.82, 2.24) is 0 Å². The van der Waals surface area contributed by atoms with Crippen molar-refractivity contribution in [3.63, 3.8) is 0 Å². The number of hydrogen-bond acceptors (Lipinski definition) is 6. The van der Waals surface area contributed by atoms with E-state index in [1.165, 1.54) is 4.90 Å². The first-order chi connectivity index (χ1) is 15.6. The monoisotopic (exact) mass is 430 g/mol. The van der Waals surface area contributed by atoms with Crippen LogP contribution < -0.4 is 19.4 Å². The summed E-state index contributed by atoms with van der Waals surface area (Å²) < 4.78 is 10.6. The molecule has 2 amide bonds. The topological polar surface area (TPSA) is 68.3 Å². The Morgan fingerprint density at radius 3 is 2.16 bits per heavy atom. The van der Waals surface area contributed by atoms with E-state index in [9.17, 15) is 9.59 Å². The minimum Gasteiger partial charge on any atom is -0.497 e. The van der Waals surface area contributed by atoms with Crippen LogP contribution in [-0.4, -0.2) is 32.1 Å². The molecule has 3 aromatic carbocycles. The molecule has 0 N–H and O–H groups in total. The highest BCUT2D eigenvalue weighted by Crippen LogP contribution is 2.48. The number of hydroxylamine groups is 1. The number of fused-ring (bicyclic) bond motifs is 1. The number of hydrogen-bond donors (Lipinski definition) is 0. The highest BCUT2D eigenvalue weighted by Gasteiger charge is 2.60. The van der Waals surface area contributed by atoms with Crippen LogP contribution in [-0.2, 0) is 14.4 Å². The Labute approximate surface area is 185 Å². The summed E-state index contributed by atoms with van der Waals surface area (Å²) in [6.07, 6.45) is -0.916. The third-order valence-electron chi connectivity index (χ3n) is 5.89. The number of methoxy groups -OCH3 is 2. The number of amides is 2. The molecule has 7 heteroatoms. The molecule has 2 aliphatic heterocycles. The Morgan fingerprint density at radius 2 is 1.47 bits per heavy atom. The molecular formula is C25H22N2O5. The summed E-state index contributed by atoms with van der Waals surface area (Å²) in [7, 11) is 3.16. The number of nitrogens with zero attached hydrogens (tertiary/aromatic N) is 2. The zero-order valence-electron chi connectivity index (χ0n) is 17.7. The predicted molar refractivity (Wildman–Crippen MR) is 119 cm³/mol. The van der Waals surface area contributed by atoms with E-state index < -0.39 is 18.1 Å². The summed E-state index contributed by atoms with van der Waals surface area (Å²) in [6.45, 7) is 0. The van der Waals surface area contributed by atoms with E-state index in [0.717, 1.165) is 11.3 Å². The van der Waals surface area contributed by atoms with E-state index in [4.69, 9.17) is 14.3 Å². The van der Waals surface area contributed by atoms with Crippen LogP contribution >= 0.6 is 0 Å². The van der Waals surface area contributed by atoms with Crippen molar-refractivity contribution in [3.05, 3.63) is 84.4 Å². The largest absolute Gasteiger partial charge is 0.497 e. The molecule has 0 radical (unpaired) electrons.